The molecule has 2 aromatic rings. The van der Waals surface area contributed by atoms with Crippen molar-refractivity contribution in [1.29, 1.82) is 0 Å². The molecule has 0 aromatic carbocycles. The van der Waals surface area contributed by atoms with Gasteiger partial charge in [0, 0.05) is 19.0 Å². The number of alkyl halides is 1. The number of nitrogens with zero attached hydrogens (tertiary/aromatic N) is 4. The lowest BCUT2D eigenvalue weighted by Gasteiger charge is -2.08. The Balaban J connectivity index is 2.90. The first-order valence-electron chi connectivity index (χ1n) is 6.73. The fraction of sp³-hybridized carbons (Fsp3) is 0.462. The van der Waals surface area contributed by atoms with E-state index in [1.165, 1.54) is 13.8 Å². The number of fused-ring (bicyclic) bond motifs is 1. The summed E-state index contributed by atoms with van der Waals surface area (Å²) in [6.07, 6.45) is 2.25. The van der Waals surface area contributed by atoms with Crippen LogP contribution in [0.2, 0.25) is 0 Å². The average molecular weight is 312 g/mol. The van der Waals surface area contributed by atoms with Crippen LogP contribution in [-0.2, 0) is 19.6 Å². The van der Waals surface area contributed by atoms with Crippen LogP contribution in [0.25, 0.3) is 11.0 Å². The number of nitrogen functional groups attached to an aromatic ring is 1. The molecule has 0 fully saturated rings. The molecule has 0 saturated carbocycles. The Bertz CT molecular complexity index is 786. The van der Waals surface area contributed by atoms with Crippen molar-refractivity contribution in [2.24, 2.45) is 0 Å². The van der Waals surface area contributed by atoms with Gasteiger partial charge in [0.05, 0.1) is 6.54 Å². The van der Waals surface area contributed by atoms with Crippen molar-refractivity contribution in [3.05, 3.63) is 33.5 Å². The Morgan fingerprint density at radius 1 is 1.33 bits per heavy atom. The Kier molecular flexibility index (Phi) is 4.52. The minimum Gasteiger partial charge on any atom is -0.383 e. The van der Waals surface area contributed by atoms with E-state index in [0.717, 1.165) is 0 Å². The van der Waals surface area contributed by atoms with Gasteiger partial charge in [0.2, 0.25) is 0 Å². The molecular weight excluding hydrogens is 294 g/mol. The van der Waals surface area contributed by atoms with Crippen LogP contribution in [0.15, 0.2) is 22.2 Å². The molecule has 7 nitrogen and oxygen atoms in total. The van der Waals surface area contributed by atoms with Crippen LogP contribution in [0.3, 0.4) is 0 Å². The third kappa shape index (κ3) is 2.49. The number of hydrogen-bond acceptors (Lipinski definition) is 4. The Labute approximate surface area is 126 Å². The van der Waals surface area contributed by atoms with Gasteiger partial charge >= 0.3 is 5.69 Å². The smallest absolute Gasteiger partial charge is 0.332 e. The van der Waals surface area contributed by atoms with Crippen LogP contribution in [0.1, 0.15) is 13.3 Å². The molecule has 0 unspecified atom stereocenters. The lowest BCUT2D eigenvalue weighted by molar-refractivity contribution is 0.580. The number of anilines is 1. The fourth-order valence-corrected chi connectivity index (χ4v) is 2.44. The van der Waals surface area contributed by atoms with Crippen LogP contribution < -0.4 is 17.0 Å². The third-order valence-corrected chi connectivity index (χ3v) is 3.37. The van der Waals surface area contributed by atoms with E-state index in [1.54, 1.807) is 6.08 Å². The molecule has 114 valence electrons. The van der Waals surface area contributed by atoms with E-state index in [-0.39, 0.29) is 23.4 Å². The Morgan fingerprint density at radius 2 is 2.05 bits per heavy atom. The molecular formula is C13H18ClN5O2. The molecule has 0 bridgehead atoms. The summed E-state index contributed by atoms with van der Waals surface area (Å²) in [6, 6.07) is 0. The highest BCUT2D eigenvalue weighted by molar-refractivity contribution is 6.17. The quantitative estimate of drug-likeness (QED) is 0.630. The second-order valence-electron chi connectivity index (χ2n) is 4.63. The molecule has 8 heteroatoms. The van der Waals surface area contributed by atoms with E-state index in [9.17, 15) is 9.59 Å². The fourth-order valence-electron chi connectivity index (χ4n) is 2.28. The van der Waals surface area contributed by atoms with Crippen LogP contribution in [0.5, 0.6) is 0 Å². The number of rotatable bonds is 6. The molecule has 0 amide bonds. The van der Waals surface area contributed by atoms with E-state index in [1.807, 2.05) is 6.92 Å². The molecule has 0 aliphatic carbocycles. The number of halogens is 1. The zero-order valence-electron chi connectivity index (χ0n) is 11.9. The Morgan fingerprint density at radius 3 is 2.62 bits per heavy atom. The third-order valence-electron chi connectivity index (χ3n) is 3.20. The summed E-state index contributed by atoms with van der Waals surface area (Å²) >= 11 is 5.70. The standard InChI is InChI=1S/C13H18ClN5O2/c1-3-6-17-11-9(10(15)19(16-11)8-5-14)12(20)18(7-4-2)13(17)21/h3H,1,4-8,15H2,2H3. The molecule has 0 atom stereocenters. The van der Waals surface area contributed by atoms with Gasteiger partial charge in [-0.3, -0.25) is 13.9 Å². The summed E-state index contributed by atoms with van der Waals surface area (Å²) in [5, 5.41) is 4.51. The van der Waals surface area contributed by atoms with E-state index < -0.39 is 11.2 Å². The van der Waals surface area contributed by atoms with Crippen LogP contribution >= 0.6 is 11.6 Å². The molecule has 0 spiro atoms. The first kappa shape index (κ1) is 15.4. The molecule has 2 N–H and O–H groups in total. The topological polar surface area (TPSA) is 87.8 Å². The highest BCUT2D eigenvalue weighted by Crippen LogP contribution is 2.16. The van der Waals surface area contributed by atoms with Gasteiger partial charge in [0.1, 0.15) is 11.2 Å². The predicted octanol–water partition coefficient (Wildman–Crippen LogP) is 0.777. The van der Waals surface area contributed by atoms with E-state index >= 15 is 0 Å². The predicted molar refractivity (Wildman–Crippen MR) is 83.9 cm³/mol. The summed E-state index contributed by atoms with van der Waals surface area (Å²) in [5.74, 6) is 0.547. The van der Waals surface area contributed by atoms with Crippen molar-refractivity contribution in [3.63, 3.8) is 0 Å². The second kappa shape index (κ2) is 6.17. The molecule has 0 aliphatic rings. The van der Waals surface area contributed by atoms with Crippen molar-refractivity contribution in [2.45, 2.75) is 33.0 Å². The van der Waals surface area contributed by atoms with Crippen molar-refractivity contribution >= 4 is 28.5 Å². The zero-order valence-corrected chi connectivity index (χ0v) is 12.6. The van der Waals surface area contributed by atoms with Gasteiger partial charge in [-0.1, -0.05) is 13.0 Å². The summed E-state index contributed by atoms with van der Waals surface area (Å²) in [6.45, 7) is 6.50. The van der Waals surface area contributed by atoms with Crippen LogP contribution in [0.4, 0.5) is 5.82 Å². The normalized spacial score (nSPS) is 11.1. The summed E-state index contributed by atoms with van der Waals surface area (Å²) < 4.78 is 4.05. The van der Waals surface area contributed by atoms with Crippen molar-refractivity contribution in [2.75, 3.05) is 11.6 Å². The molecule has 0 radical (unpaired) electrons. The Hall–Kier alpha value is -2.02. The maximum absolute atomic E-state index is 12.5. The van der Waals surface area contributed by atoms with Gasteiger partial charge in [-0.05, 0) is 6.42 Å². The van der Waals surface area contributed by atoms with Gasteiger partial charge in [-0.25, -0.2) is 9.48 Å². The van der Waals surface area contributed by atoms with Crippen molar-refractivity contribution in [1.82, 2.24) is 18.9 Å². The summed E-state index contributed by atoms with van der Waals surface area (Å²) in [4.78, 5) is 24.9. The van der Waals surface area contributed by atoms with Gasteiger partial charge in [0.15, 0.2) is 5.65 Å². The number of nitrogens with two attached hydrogens (primary N) is 1. The number of aromatic nitrogens is 4. The molecule has 2 heterocycles. The second-order valence-corrected chi connectivity index (χ2v) is 5.01. The first-order chi connectivity index (χ1) is 10.1. The highest BCUT2D eigenvalue weighted by Gasteiger charge is 2.19. The van der Waals surface area contributed by atoms with Crippen LogP contribution in [0, 0.1) is 0 Å². The van der Waals surface area contributed by atoms with Gasteiger partial charge in [-0.2, -0.15) is 5.10 Å². The molecule has 2 aromatic heterocycles. The monoisotopic (exact) mass is 311 g/mol. The van der Waals surface area contributed by atoms with E-state index in [2.05, 4.69) is 11.7 Å². The maximum Gasteiger partial charge on any atom is 0.332 e. The SMILES string of the molecule is C=CCn1c(=O)n(CCC)c(=O)c2c(N)n(CCCl)nc21. The summed E-state index contributed by atoms with van der Waals surface area (Å²) in [7, 11) is 0. The van der Waals surface area contributed by atoms with Crippen molar-refractivity contribution < 1.29 is 0 Å². The number of hydrogen-bond donors (Lipinski definition) is 1. The largest absolute Gasteiger partial charge is 0.383 e. The lowest BCUT2D eigenvalue weighted by atomic mass is 10.3. The van der Waals surface area contributed by atoms with Gasteiger partial charge in [-0.15, -0.1) is 18.2 Å². The molecule has 0 aliphatic heterocycles. The first-order valence-corrected chi connectivity index (χ1v) is 7.26. The van der Waals surface area contributed by atoms with Crippen molar-refractivity contribution in [3.8, 4) is 0 Å². The average Bonchev–Trinajstić information content (AvgIpc) is 2.77. The minimum atomic E-state index is -0.407. The minimum absolute atomic E-state index is 0.235. The number of aryl methyl sites for hydroxylation is 1. The van der Waals surface area contributed by atoms with Gasteiger partial charge in [0.25, 0.3) is 5.56 Å². The summed E-state index contributed by atoms with van der Waals surface area (Å²) in [5.41, 5.74) is 5.47. The lowest BCUT2D eigenvalue weighted by Crippen LogP contribution is -2.39. The molecule has 21 heavy (non-hydrogen) atoms. The molecule has 2 rings (SSSR count). The van der Waals surface area contributed by atoms with Crippen LogP contribution in [-0.4, -0.2) is 24.8 Å². The molecule has 0 saturated heterocycles. The van der Waals surface area contributed by atoms with E-state index in [0.29, 0.717) is 25.4 Å². The van der Waals surface area contributed by atoms with Gasteiger partial charge < -0.3 is 5.73 Å². The zero-order chi connectivity index (χ0) is 15.6. The highest BCUT2D eigenvalue weighted by atomic mass is 35.5. The number of allylic oxidation sites excluding steroid dienone is 1. The maximum atomic E-state index is 12.5. The van der Waals surface area contributed by atoms with E-state index in [4.69, 9.17) is 17.3 Å².